The zero-order valence-electron chi connectivity index (χ0n) is 10.6. The van der Waals surface area contributed by atoms with E-state index < -0.39 is 48.1 Å². The Bertz CT molecular complexity index is 511. The average molecular weight is 302 g/mol. The molecule has 2 rings (SSSR count). The van der Waals surface area contributed by atoms with Gasteiger partial charge in [0, 0.05) is 0 Å². The van der Waals surface area contributed by atoms with Gasteiger partial charge in [0.25, 0.3) is 0 Å². The second-order valence-electron chi connectivity index (χ2n) is 4.40. The smallest absolute Gasteiger partial charge is 0.406 e. The molecule has 0 spiro atoms. The van der Waals surface area contributed by atoms with E-state index in [4.69, 9.17) is 14.6 Å². The summed E-state index contributed by atoms with van der Waals surface area (Å²) in [6, 6.07) is 2.62. The SMILES string of the molecule is O=[N+]([O-])c1ncccc1O[C@@H]1O[C@H](CO)[C@@H](O)[C@H](O)[C@H]1O. The lowest BCUT2D eigenvalue weighted by Gasteiger charge is -2.39. The molecule has 0 saturated carbocycles. The molecule has 0 aliphatic carbocycles. The zero-order valence-corrected chi connectivity index (χ0v) is 10.6. The van der Waals surface area contributed by atoms with Crippen LogP contribution in [0, 0.1) is 10.1 Å². The monoisotopic (exact) mass is 302 g/mol. The third-order valence-electron chi connectivity index (χ3n) is 3.02. The number of nitrogens with zero attached hydrogens (tertiary/aromatic N) is 2. The molecular weight excluding hydrogens is 288 g/mol. The van der Waals surface area contributed by atoms with Crippen molar-refractivity contribution in [1.29, 1.82) is 0 Å². The van der Waals surface area contributed by atoms with Gasteiger partial charge in [0.05, 0.1) is 6.61 Å². The number of aromatic nitrogens is 1. The molecule has 10 nitrogen and oxygen atoms in total. The highest BCUT2D eigenvalue weighted by molar-refractivity contribution is 5.38. The molecule has 1 fully saturated rings. The van der Waals surface area contributed by atoms with E-state index in [0.29, 0.717) is 0 Å². The van der Waals surface area contributed by atoms with Crippen LogP contribution in [0.3, 0.4) is 0 Å². The Morgan fingerprint density at radius 2 is 2.05 bits per heavy atom. The molecule has 1 aliphatic heterocycles. The number of hydrogen-bond acceptors (Lipinski definition) is 9. The molecule has 0 radical (unpaired) electrons. The first-order chi connectivity index (χ1) is 9.95. The number of aliphatic hydroxyl groups excluding tert-OH is 4. The van der Waals surface area contributed by atoms with Gasteiger partial charge in [-0.3, -0.25) is 0 Å². The van der Waals surface area contributed by atoms with Gasteiger partial charge < -0.3 is 40.0 Å². The van der Waals surface area contributed by atoms with Crippen LogP contribution in [0.1, 0.15) is 0 Å². The summed E-state index contributed by atoms with van der Waals surface area (Å²) >= 11 is 0. The number of hydrogen-bond donors (Lipinski definition) is 4. The van der Waals surface area contributed by atoms with Gasteiger partial charge in [-0.05, 0) is 22.0 Å². The summed E-state index contributed by atoms with van der Waals surface area (Å²) in [7, 11) is 0. The second-order valence-corrected chi connectivity index (χ2v) is 4.40. The molecule has 1 aromatic heterocycles. The predicted octanol–water partition coefficient (Wildman–Crippen LogP) is -1.83. The molecule has 21 heavy (non-hydrogen) atoms. The predicted molar refractivity (Wildman–Crippen MR) is 65.3 cm³/mol. The molecule has 1 aromatic rings. The van der Waals surface area contributed by atoms with Crippen molar-refractivity contribution < 1.29 is 34.8 Å². The maximum absolute atomic E-state index is 10.8. The summed E-state index contributed by atoms with van der Waals surface area (Å²) in [5.41, 5.74) is 0. The Kier molecular flexibility index (Phi) is 4.65. The molecule has 0 unspecified atom stereocenters. The third-order valence-corrected chi connectivity index (χ3v) is 3.02. The van der Waals surface area contributed by atoms with Gasteiger partial charge in [0.2, 0.25) is 12.0 Å². The zero-order chi connectivity index (χ0) is 15.6. The molecule has 0 aromatic carbocycles. The molecule has 0 bridgehead atoms. The van der Waals surface area contributed by atoms with E-state index in [1.54, 1.807) is 0 Å². The van der Waals surface area contributed by atoms with Crippen molar-refractivity contribution in [1.82, 2.24) is 4.98 Å². The Hall–Kier alpha value is -1.85. The van der Waals surface area contributed by atoms with Gasteiger partial charge in [-0.2, -0.15) is 0 Å². The molecular formula is C11H14N2O8. The highest BCUT2D eigenvalue weighted by Gasteiger charge is 2.45. The molecule has 10 heteroatoms. The van der Waals surface area contributed by atoms with Gasteiger partial charge in [-0.15, -0.1) is 0 Å². The normalized spacial score (nSPS) is 32.7. The van der Waals surface area contributed by atoms with Crippen molar-refractivity contribution in [2.75, 3.05) is 6.61 Å². The molecule has 116 valence electrons. The Morgan fingerprint density at radius 3 is 2.67 bits per heavy atom. The number of aliphatic hydroxyl groups is 4. The fourth-order valence-electron chi connectivity index (χ4n) is 1.90. The van der Waals surface area contributed by atoms with E-state index in [-0.39, 0.29) is 5.75 Å². The van der Waals surface area contributed by atoms with E-state index in [1.807, 2.05) is 0 Å². The largest absolute Gasteiger partial charge is 0.453 e. The van der Waals surface area contributed by atoms with Crippen molar-refractivity contribution in [3.05, 3.63) is 28.4 Å². The maximum Gasteiger partial charge on any atom is 0.406 e. The first-order valence-corrected chi connectivity index (χ1v) is 6.02. The second kappa shape index (κ2) is 6.28. The van der Waals surface area contributed by atoms with Gasteiger partial charge in [-0.1, -0.05) is 0 Å². The van der Waals surface area contributed by atoms with Crippen molar-refractivity contribution in [2.24, 2.45) is 0 Å². The first-order valence-electron chi connectivity index (χ1n) is 6.02. The minimum absolute atomic E-state index is 0.271. The van der Waals surface area contributed by atoms with E-state index in [0.717, 1.165) is 0 Å². The molecule has 2 heterocycles. The molecule has 1 saturated heterocycles. The van der Waals surface area contributed by atoms with Crippen LogP contribution in [-0.2, 0) is 4.74 Å². The molecule has 0 amide bonds. The molecule has 5 atom stereocenters. The van der Waals surface area contributed by atoms with Gasteiger partial charge in [0.15, 0.2) is 0 Å². The minimum Gasteiger partial charge on any atom is -0.453 e. The van der Waals surface area contributed by atoms with Crippen LogP contribution >= 0.6 is 0 Å². The Balaban J connectivity index is 2.20. The van der Waals surface area contributed by atoms with Gasteiger partial charge >= 0.3 is 5.82 Å². The lowest BCUT2D eigenvalue weighted by molar-refractivity contribution is -0.391. The first kappa shape index (κ1) is 15.5. The maximum atomic E-state index is 10.8. The average Bonchev–Trinajstić information content (AvgIpc) is 2.48. The van der Waals surface area contributed by atoms with E-state index in [1.165, 1.54) is 18.3 Å². The van der Waals surface area contributed by atoms with E-state index in [2.05, 4.69) is 4.98 Å². The standard InChI is InChI=1S/C11H14N2O8/c14-4-6-7(15)8(16)9(17)11(21-6)20-5-2-1-3-12-10(5)13(18)19/h1-3,6-9,11,14-17H,4H2/t6-,7-,8+,9-,11-/m1/s1. The lowest BCUT2D eigenvalue weighted by Crippen LogP contribution is -2.60. The van der Waals surface area contributed by atoms with Crippen LogP contribution < -0.4 is 4.74 Å². The summed E-state index contributed by atoms with van der Waals surface area (Å²) in [5.74, 6) is -0.860. The summed E-state index contributed by atoms with van der Waals surface area (Å²) < 4.78 is 10.2. The van der Waals surface area contributed by atoms with Crippen LogP contribution in [0.25, 0.3) is 0 Å². The highest BCUT2D eigenvalue weighted by Crippen LogP contribution is 2.28. The Labute approximate surface area is 118 Å². The van der Waals surface area contributed by atoms with Crippen LogP contribution in [0.2, 0.25) is 0 Å². The van der Waals surface area contributed by atoms with Crippen LogP contribution in [0.15, 0.2) is 18.3 Å². The van der Waals surface area contributed by atoms with Crippen molar-refractivity contribution in [3.8, 4) is 5.75 Å². The molecule has 1 aliphatic rings. The Morgan fingerprint density at radius 1 is 1.33 bits per heavy atom. The van der Waals surface area contributed by atoms with Crippen LogP contribution in [0.4, 0.5) is 5.82 Å². The van der Waals surface area contributed by atoms with Crippen molar-refractivity contribution in [2.45, 2.75) is 30.7 Å². The summed E-state index contributed by atoms with van der Waals surface area (Å²) in [5, 5.41) is 48.8. The minimum atomic E-state index is -1.65. The van der Waals surface area contributed by atoms with Crippen LogP contribution in [-0.4, -0.2) is 67.6 Å². The van der Waals surface area contributed by atoms with Crippen LogP contribution in [0.5, 0.6) is 5.75 Å². The number of pyridine rings is 1. The third kappa shape index (κ3) is 3.09. The van der Waals surface area contributed by atoms with Gasteiger partial charge in [0.1, 0.15) is 30.6 Å². The van der Waals surface area contributed by atoms with E-state index >= 15 is 0 Å². The highest BCUT2D eigenvalue weighted by atomic mass is 16.7. The lowest BCUT2D eigenvalue weighted by atomic mass is 9.99. The van der Waals surface area contributed by atoms with Crippen molar-refractivity contribution >= 4 is 5.82 Å². The summed E-state index contributed by atoms with van der Waals surface area (Å²) in [6.45, 7) is -0.625. The topological polar surface area (TPSA) is 155 Å². The number of ether oxygens (including phenoxy) is 2. The quantitative estimate of drug-likeness (QED) is 0.371. The van der Waals surface area contributed by atoms with Gasteiger partial charge in [-0.25, -0.2) is 0 Å². The fraction of sp³-hybridized carbons (Fsp3) is 0.545. The molecule has 4 N–H and O–H groups in total. The fourth-order valence-corrected chi connectivity index (χ4v) is 1.90. The summed E-state index contributed by atoms with van der Waals surface area (Å²) in [4.78, 5) is 13.6. The number of rotatable bonds is 4. The number of nitro groups is 1. The summed E-state index contributed by atoms with van der Waals surface area (Å²) in [6.07, 6.45) is -6.28. The van der Waals surface area contributed by atoms with Crippen molar-refractivity contribution in [3.63, 3.8) is 0 Å². The van der Waals surface area contributed by atoms with E-state index in [9.17, 15) is 25.4 Å².